The second kappa shape index (κ2) is 6.49. The topological polar surface area (TPSA) is 83.0 Å². The van der Waals surface area contributed by atoms with Crippen molar-refractivity contribution in [2.75, 3.05) is 6.54 Å². The fourth-order valence-corrected chi connectivity index (χ4v) is 3.61. The summed E-state index contributed by atoms with van der Waals surface area (Å²) in [5.41, 5.74) is 1.34. The van der Waals surface area contributed by atoms with E-state index < -0.39 is 0 Å². The highest BCUT2D eigenvalue weighted by molar-refractivity contribution is 7.09. The zero-order chi connectivity index (χ0) is 17.2. The van der Waals surface area contributed by atoms with Crippen molar-refractivity contribution in [1.29, 1.82) is 5.26 Å². The van der Waals surface area contributed by atoms with E-state index in [1.807, 2.05) is 22.4 Å². The van der Waals surface area contributed by atoms with Crippen LogP contribution in [0.2, 0.25) is 0 Å². The Morgan fingerprint density at radius 1 is 1.32 bits per heavy atom. The lowest BCUT2D eigenvalue weighted by Gasteiger charge is -2.14. The molecule has 0 saturated carbocycles. The molecule has 1 saturated heterocycles. The van der Waals surface area contributed by atoms with Gasteiger partial charge in [-0.3, -0.25) is 4.79 Å². The standard InChI is InChI=1S/C18H14N4O2S/c19-9-12-3-5-13(6-4-12)18-20-17(21-24-18)14-8-16(23)22(10-14)11-15-2-1-7-25-15/h1-7,14H,8,10-11H2. The van der Waals surface area contributed by atoms with Crippen LogP contribution in [0.1, 0.15) is 28.6 Å². The highest BCUT2D eigenvalue weighted by atomic mass is 32.1. The Balaban J connectivity index is 1.48. The molecule has 1 aliphatic heterocycles. The summed E-state index contributed by atoms with van der Waals surface area (Å²) < 4.78 is 5.34. The maximum absolute atomic E-state index is 12.2. The number of amides is 1. The molecule has 0 aliphatic carbocycles. The molecule has 3 aromatic rings. The number of aromatic nitrogens is 2. The van der Waals surface area contributed by atoms with E-state index in [9.17, 15) is 4.79 Å². The number of carbonyl (C=O) groups excluding carboxylic acids is 1. The third-order valence-corrected chi connectivity index (χ3v) is 5.07. The number of benzene rings is 1. The third kappa shape index (κ3) is 3.16. The van der Waals surface area contributed by atoms with E-state index in [0.717, 1.165) is 5.56 Å². The Morgan fingerprint density at radius 2 is 2.16 bits per heavy atom. The number of hydrogen-bond donors (Lipinski definition) is 0. The van der Waals surface area contributed by atoms with E-state index in [2.05, 4.69) is 16.2 Å². The summed E-state index contributed by atoms with van der Waals surface area (Å²) >= 11 is 1.65. The van der Waals surface area contributed by atoms with Gasteiger partial charge in [-0.15, -0.1) is 11.3 Å². The Labute approximate surface area is 148 Å². The van der Waals surface area contributed by atoms with Crippen LogP contribution in [0.15, 0.2) is 46.3 Å². The summed E-state index contributed by atoms with van der Waals surface area (Å²) in [6, 6.07) is 13.1. The summed E-state index contributed by atoms with van der Waals surface area (Å²) in [5, 5.41) is 14.9. The molecule has 124 valence electrons. The minimum atomic E-state index is -0.0525. The first kappa shape index (κ1) is 15.5. The highest BCUT2D eigenvalue weighted by Crippen LogP contribution is 2.29. The lowest BCUT2D eigenvalue weighted by molar-refractivity contribution is -0.128. The number of likely N-dealkylation sites (tertiary alicyclic amines) is 1. The molecular weight excluding hydrogens is 336 g/mol. The predicted octanol–water partition coefficient (Wildman–Crippen LogP) is 3.19. The van der Waals surface area contributed by atoms with Gasteiger partial charge in [-0.25, -0.2) is 0 Å². The van der Waals surface area contributed by atoms with Crippen LogP contribution in [0.25, 0.3) is 11.5 Å². The molecule has 1 fully saturated rings. The average molecular weight is 350 g/mol. The van der Waals surface area contributed by atoms with Gasteiger partial charge in [0.05, 0.1) is 18.2 Å². The van der Waals surface area contributed by atoms with Crippen LogP contribution in [0.5, 0.6) is 0 Å². The van der Waals surface area contributed by atoms with Gasteiger partial charge in [0, 0.05) is 29.3 Å². The summed E-state index contributed by atoms with van der Waals surface area (Å²) in [4.78, 5) is 19.7. The molecule has 0 radical (unpaired) electrons. The largest absolute Gasteiger partial charge is 0.337 e. The van der Waals surface area contributed by atoms with Crippen molar-refractivity contribution in [1.82, 2.24) is 15.0 Å². The number of rotatable bonds is 4. The van der Waals surface area contributed by atoms with Crippen LogP contribution in [-0.2, 0) is 11.3 Å². The molecule has 1 unspecified atom stereocenters. The van der Waals surface area contributed by atoms with E-state index in [4.69, 9.17) is 9.78 Å². The third-order valence-electron chi connectivity index (χ3n) is 4.21. The summed E-state index contributed by atoms with van der Waals surface area (Å²) in [6.07, 6.45) is 0.401. The van der Waals surface area contributed by atoms with Crippen LogP contribution in [0, 0.1) is 11.3 Å². The first-order chi connectivity index (χ1) is 12.2. The molecule has 2 aromatic heterocycles. The van der Waals surface area contributed by atoms with Crippen LogP contribution < -0.4 is 0 Å². The molecule has 0 spiro atoms. The van der Waals surface area contributed by atoms with Gasteiger partial charge in [-0.1, -0.05) is 11.2 Å². The smallest absolute Gasteiger partial charge is 0.257 e. The Bertz CT molecular complexity index is 925. The Kier molecular flexibility index (Phi) is 4.04. The second-order valence-corrected chi connectivity index (χ2v) is 6.93. The van der Waals surface area contributed by atoms with Crippen LogP contribution in [0.4, 0.5) is 0 Å². The minimum Gasteiger partial charge on any atom is -0.337 e. The fraction of sp³-hybridized carbons (Fsp3) is 0.222. The SMILES string of the molecule is N#Cc1ccc(-c2nc(C3CC(=O)N(Cc4cccs4)C3)no2)cc1. The molecule has 1 atom stereocenters. The molecule has 1 aliphatic rings. The normalized spacial score (nSPS) is 17.0. The van der Waals surface area contributed by atoms with Crippen molar-refractivity contribution in [2.45, 2.75) is 18.9 Å². The number of carbonyl (C=O) groups is 1. The zero-order valence-electron chi connectivity index (χ0n) is 13.3. The zero-order valence-corrected chi connectivity index (χ0v) is 14.1. The van der Waals surface area contributed by atoms with Gasteiger partial charge in [0.25, 0.3) is 5.89 Å². The van der Waals surface area contributed by atoms with E-state index in [1.165, 1.54) is 4.88 Å². The van der Waals surface area contributed by atoms with Gasteiger partial charge >= 0.3 is 0 Å². The van der Waals surface area contributed by atoms with Crippen LogP contribution in [0.3, 0.4) is 0 Å². The Hall–Kier alpha value is -2.98. The van der Waals surface area contributed by atoms with E-state index in [-0.39, 0.29) is 11.8 Å². The van der Waals surface area contributed by atoms with Crippen molar-refractivity contribution >= 4 is 17.2 Å². The lowest BCUT2D eigenvalue weighted by Crippen LogP contribution is -2.23. The summed E-state index contributed by atoms with van der Waals surface area (Å²) in [5.74, 6) is 1.02. The van der Waals surface area contributed by atoms with Gasteiger partial charge in [0.15, 0.2) is 5.82 Å². The molecule has 3 heterocycles. The molecule has 4 rings (SSSR count). The highest BCUT2D eigenvalue weighted by Gasteiger charge is 2.33. The lowest BCUT2D eigenvalue weighted by atomic mass is 10.1. The van der Waals surface area contributed by atoms with Crippen molar-refractivity contribution in [3.8, 4) is 17.5 Å². The summed E-state index contributed by atoms with van der Waals surface area (Å²) in [7, 11) is 0. The monoisotopic (exact) mass is 350 g/mol. The number of nitriles is 1. The van der Waals surface area contributed by atoms with E-state index >= 15 is 0 Å². The maximum Gasteiger partial charge on any atom is 0.257 e. The molecule has 1 amide bonds. The second-order valence-electron chi connectivity index (χ2n) is 5.90. The first-order valence-electron chi connectivity index (χ1n) is 7.87. The molecular formula is C18H14N4O2S. The number of hydrogen-bond acceptors (Lipinski definition) is 6. The van der Waals surface area contributed by atoms with Crippen molar-refractivity contribution in [2.24, 2.45) is 0 Å². The average Bonchev–Trinajstić information content (AvgIpc) is 3.37. The quantitative estimate of drug-likeness (QED) is 0.721. The van der Waals surface area contributed by atoms with E-state index in [0.29, 0.717) is 36.8 Å². The predicted molar refractivity (Wildman–Crippen MR) is 91.5 cm³/mol. The molecule has 1 aromatic carbocycles. The minimum absolute atomic E-state index is 0.0525. The molecule has 25 heavy (non-hydrogen) atoms. The van der Waals surface area contributed by atoms with Crippen molar-refractivity contribution < 1.29 is 9.32 Å². The van der Waals surface area contributed by atoms with Gasteiger partial charge in [0.2, 0.25) is 5.91 Å². The van der Waals surface area contributed by atoms with Gasteiger partial charge < -0.3 is 9.42 Å². The van der Waals surface area contributed by atoms with Gasteiger partial charge in [-0.2, -0.15) is 10.2 Å². The Morgan fingerprint density at radius 3 is 2.88 bits per heavy atom. The van der Waals surface area contributed by atoms with Crippen molar-refractivity contribution in [3.63, 3.8) is 0 Å². The fourth-order valence-electron chi connectivity index (χ4n) is 2.89. The molecule has 0 N–H and O–H groups in total. The summed E-state index contributed by atoms with van der Waals surface area (Å²) in [6.45, 7) is 1.23. The van der Waals surface area contributed by atoms with Crippen molar-refractivity contribution in [3.05, 3.63) is 58.0 Å². The molecule has 7 heteroatoms. The van der Waals surface area contributed by atoms with Crippen LogP contribution in [-0.4, -0.2) is 27.5 Å². The van der Waals surface area contributed by atoms with Gasteiger partial charge in [-0.05, 0) is 35.7 Å². The first-order valence-corrected chi connectivity index (χ1v) is 8.75. The van der Waals surface area contributed by atoms with Gasteiger partial charge in [0.1, 0.15) is 0 Å². The molecule has 0 bridgehead atoms. The van der Waals surface area contributed by atoms with Crippen LogP contribution >= 0.6 is 11.3 Å². The number of nitrogens with zero attached hydrogens (tertiary/aromatic N) is 4. The number of thiophene rings is 1. The molecule has 6 nitrogen and oxygen atoms in total. The van der Waals surface area contributed by atoms with E-state index in [1.54, 1.807) is 35.6 Å². The maximum atomic E-state index is 12.2.